The number of nitrogens with one attached hydrogen (secondary N) is 3. The molecule has 0 aromatic heterocycles. The van der Waals surface area contributed by atoms with Gasteiger partial charge < -0.3 is 15.6 Å². The van der Waals surface area contributed by atoms with Crippen molar-refractivity contribution in [2.45, 2.75) is 66.5 Å². The van der Waals surface area contributed by atoms with Gasteiger partial charge in [0.2, 0.25) is 0 Å². The van der Waals surface area contributed by atoms with Gasteiger partial charge in [-0.15, -0.1) is 0 Å². The van der Waals surface area contributed by atoms with E-state index in [-0.39, 0.29) is 6.09 Å². The highest BCUT2D eigenvalue weighted by Gasteiger charge is 2.23. The molecule has 1 amide bonds. The van der Waals surface area contributed by atoms with E-state index in [1.165, 1.54) is 5.56 Å². The predicted octanol–water partition coefficient (Wildman–Crippen LogP) is 3.86. The Labute approximate surface area is 163 Å². The van der Waals surface area contributed by atoms with Crippen molar-refractivity contribution in [2.75, 3.05) is 6.54 Å². The molecule has 1 aliphatic heterocycles. The van der Waals surface area contributed by atoms with E-state index in [9.17, 15) is 4.79 Å². The number of amides is 1. The molecular formula is C21H34N4O2. The molecule has 6 heteroatoms. The zero-order valence-electron chi connectivity index (χ0n) is 17.5. The van der Waals surface area contributed by atoms with Crippen LogP contribution in [0.2, 0.25) is 0 Å². The molecule has 1 aliphatic rings. The Balaban J connectivity index is 2.03. The van der Waals surface area contributed by atoms with Crippen molar-refractivity contribution in [2.24, 2.45) is 5.41 Å². The summed E-state index contributed by atoms with van der Waals surface area (Å²) in [7, 11) is 0. The van der Waals surface area contributed by atoms with Crippen LogP contribution < -0.4 is 16.4 Å². The van der Waals surface area contributed by atoms with Gasteiger partial charge in [0.05, 0.1) is 12.2 Å². The minimum atomic E-state index is -0.528. The lowest BCUT2D eigenvalue weighted by Crippen LogP contribution is -2.40. The monoisotopic (exact) mass is 374 g/mol. The summed E-state index contributed by atoms with van der Waals surface area (Å²) in [6, 6.07) is 8.51. The van der Waals surface area contributed by atoms with Gasteiger partial charge in [-0.3, -0.25) is 4.90 Å². The first-order valence-corrected chi connectivity index (χ1v) is 9.53. The maximum Gasteiger partial charge on any atom is 0.410 e. The van der Waals surface area contributed by atoms with Gasteiger partial charge in [-0.1, -0.05) is 45.0 Å². The molecule has 3 N–H and O–H groups in total. The smallest absolute Gasteiger partial charge is 0.410 e. The van der Waals surface area contributed by atoms with Crippen molar-refractivity contribution < 1.29 is 9.53 Å². The quantitative estimate of drug-likeness (QED) is 0.706. The van der Waals surface area contributed by atoms with Crippen LogP contribution in [-0.2, 0) is 17.7 Å². The minimum Gasteiger partial charge on any atom is -0.444 e. The molecule has 1 aromatic rings. The van der Waals surface area contributed by atoms with E-state index in [4.69, 9.17) is 4.74 Å². The van der Waals surface area contributed by atoms with Crippen LogP contribution in [0.5, 0.6) is 0 Å². The number of hydrogen-bond donors (Lipinski definition) is 3. The fourth-order valence-electron chi connectivity index (χ4n) is 2.63. The number of carbonyl (C=O) groups is 1. The minimum absolute atomic E-state index is 0.325. The highest BCUT2D eigenvalue weighted by Crippen LogP contribution is 2.22. The molecule has 2 rings (SSSR count). The topological polar surface area (TPSA) is 65.6 Å². The van der Waals surface area contributed by atoms with Gasteiger partial charge in [0.1, 0.15) is 5.60 Å². The van der Waals surface area contributed by atoms with Crippen LogP contribution in [0.3, 0.4) is 0 Å². The summed E-state index contributed by atoms with van der Waals surface area (Å²) in [5.41, 5.74) is 11.7. The van der Waals surface area contributed by atoms with Gasteiger partial charge in [0.25, 0.3) is 0 Å². The molecule has 6 nitrogen and oxygen atoms in total. The molecule has 27 heavy (non-hydrogen) atoms. The highest BCUT2D eigenvalue weighted by molar-refractivity contribution is 5.68. The van der Waals surface area contributed by atoms with Crippen LogP contribution >= 0.6 is 0 Å². The highest BCUT2D eigenvalue weighted by atomic mass is 16.6. The average Bonchev–Trinajstić information content (AvgIpc) is 3.04. The second-order valence-corrected chi connectivity index (χ2v) is 9.28. The van der Waals surface area contributed by atoms with Crippen molar-refractivity contribution >= 4 is 6.09 Å². The zero-order valence-corrected chi connectivity index (χ0v) is 17.5. The van der Waals surface area contributed by atoms with Gasteiger partial charge in [-0.05, 0) is 50.2 Å². The van der Waals surface area contributed by atoms with Gasteiger partial charge in [-0.25, -0.2) is 4.79 Å². The standard InChI is InChI=1S/C21H34N4O2/c1-20(2,3)12-11-16-7-9-17(10-8-16)14-25(15-18-13-22-24-23-18)19(26)27-21(4,5)6/h7-10,13,22-24H,11-12,14-15H2,1-6H3. The molecule has 0 saturated carbocycles. The van der Waals surface area contributed by atoms with Crippen LogP contribution in [0.15, 0.2) is 36.2 Å². The van der Waals surface area contributed by atoms with Crippen molar-refractivity contribution in [3.8, 4) is 0 Å². The molecule has 0 aliphatic carbocycles. The Bertz CT molecular complexity index is 654. The largest absolute Gasteiger partial charge is 0.444 e. The van der Waals surface area contributed by atoms with E-state index in [1.807, 2.05) is 20.8 Å². The van der Waals surface area contributed by atoms with Crippen molar-refractivity contribution in [3.63, 3.8) is 0 Å². The molecule has 0 unspecified atom stereocenters. The Morgan fingerprint density at radius 2 is 1.63 bits per heavy atom. The summed E-state index contributed by atoms with van der Waals surface area (Å²) < 4.78 is 5.57. The zero-order chi connectivity index (χ0) is 20.1. The summed E-state index contributed by atoms with van der Waals surface area (Å²) in [5, 5.41) is 0. The molecule has 0 saturated heterocycles. The van der Waals surface area contributed by atoms with E-state index >= 15 is 0 Å². The normalized spacial score (nSPS) is 14.2. The van der Waals surface area contributed by atoms with Crippen LogP contribution in [-0.4, -0.2) is 23.1 Å². The van der Waals surface area contributed by atoms with Crippen LogP contribution in [0.25, 0.3) is 0 Å². The molecule has 0 radical (unpaired) electrons. The molecule has 0 atom stereocenters. The Morgan fingerprint density at radius 3 is 2.15 bits per heavy atom. The number of hydrogen-bond acceptors (Lipinski definition) is 5. The van der Waals surface area contributed by atoms with Crippen molar-refractivity contribution in [1.29, 1.82) is 0 Å². The molecule has 1 aromatic carbocycles. The number of rotatable bonds is 6. The van der Waals surface area contributed by atoms with E-state index in [0.717, 1.165) is 24.1 Å². The van der Waals surface area contributed by atoms with Gasteiger partial charge >= 0.3 is 6.09 Å². The third-order valence-corrected chi connectivity index (χ3v) is 4.11. The SMILES string of the molecule is CC(C)(C)CCc1ccc(CN(CC2=CNNN2)C(=O)OC(C)(C)C)cc1. The number of aryl methyl sites for hydroxylation is 1. The molecule has 1 heterocycles. The van der Waals surface area contributed by atoms with E-state index < -0.39 is 5.60 Å². The summed E-state index contributed by atoms with van der Waals surface area (Å²) in [4.78, 5) is 14.3. The first kappa shape index (κ1) is 21.1. The van der Waals surface area contributed by atoms with E-state index in [0.29, 0.717) is 18.5 Å². The third-order valence-electron chi connectivity index (χ3n) is 4.11. The molecule has 0 bridgehead atoms. The maximum atomic E-state index is 12.6. The maximum absolute atomic E-state index is 12.6. The number of hydrazine groups is 2. The Hall–Kier alpha value is -2.21. The average molecular weight is 375 g/mol. The van der Waals surface area contributed by atoms with Crippen LogP contribution in [0.1, 0.15) is 59.1 Å². The fraction of sp³-hybridized carbons (Fsp3) is 0.571. The second kappa shape index (κ2) is 8.65. The van der Waals surface area contributed by atoms with E-state index in [1.54, 1.807) is 11.1 Å². The number of benzene rings is 1. The van der Waals surface area contributed by atoms with Crippen LogP contribution in [0, 0.1) is 5.41 Å². The molecule has 150 valence electrons. The first-order chi connectivity index (χ1) is 12.5. The Kier molecular flexibility index (Phi) is 6.76. The number of nitrogens with zero attached hydrogens (tertiary/aromatic N) is 1. The fourth-order valence-corrected chi connectivity index (χ4v) is 2.63. The summed E-state index contributed by atoms with van der Waals surface area (Å²) in [6.07, 6.45) is 3.69. The molecular weight excluding hydrogens is 340 g/mol. The summed E-state index contributed by atoms with van der Waals surface area (Å²) in [6.45, 7) is 13.3. The van der Waals surface area contributed by atoms with Crippen molar-refractivity contribution in [1.82, 2.24) is 21.3 Å². The van der Waals surface area contributed by atoms with E-state index in [2.05, 4.69) is 61.4 Å². The lowest BCUT2D eigenvalue weighted by molar-refractivity contribution is 0.0249. The summed E-state index contributed by atoms with van der Waals surface area (Å²) in [5.74, 6) is 0. The van der Waals surface area contributed by atoms with Crippen LogP contribution in [0.4, 0.5) is 4.79 Å². The van der Waals surface area contributed by atoms with Gasteiger partial charge in [-0.2, -0.15) is 5.53 Å². The number of ether oxygens (including phenoxy) is 1. The van der Waals surface area contributed by atoms with Gasteiger partial charge in [0, 0.05) is 12.7 Å². The predicted molar refractivity (Wildman–Crippen MR) is 108 cm³/mol. The molecule has 0 fully saturated rings. The van der Waals surface area contributed by atoms with Crippen molar-refractivity contribution in [3.05, 3.63) is 47.3 Å². The lowest BCUT2D eigenvalue weighted by atomic mass is 9.88. The molecule has 0 spiro atoms. The first-order valence-electron chi connectivity index (χ1n) is 9.53. The van der Waals surface area contributed by atoms with Gasteiger partial charge in [0.15, 0.2) is 0 Å². The Morgan fingerprint density at radius 1 is 1.00 bits per heavy atom. The number of carbonyl (C=O) groups excluding carboxylic acids is 1. The lowest BCUT2D eigenvalue weighted by Gasteiger charge is -2.27. The second-order valence-electron chi connectivity index (χ2n) is 9.28. The third kappa shape index (κ3) is 7.91. The summed E-state index contributed by atoms with van der Waals surface area (Å²) >= 11 is 0.